The van der Waals surface area contributed by atoms with Gasteiger partial charge < -0.3 is 10.6 Å². The van der Waals surface area contributed by atoms with Crippen molar-refractivity contribution in [2.45, 2.75) is 6.42 Å². The zero-order chi connectivity index (χ0) is 15.1. The van der Waals surface area contributed by atoms with Crippen LogP contribution in [-0.2, 0) is 4.79 Å². The van der Waals surface area contributed by atoms with Crippen molar-refractivity contribution in [2.75, 3.05) is 10.6 Å². The molecule has 0 aliphatic rings. The van der Waals surface area contributed by atoms with Crippen molar-refractivity contribution in [3.05, 3.63) is 60.2 Å². The zero-order valence-corrected chi connectivity index (χ0v) is 11.2. The van der Waals surface area contributed by atoms with Crippen LogP contribution in [0.3, 0.4) is 0 Å². The Kier molecular flexibility index (Phi) is 4.67. The van der Waals surface area contributed by atoms with Gasteiger partial charge in [0.25, 0.3) is 5.91 Å². The van der Waals surface area contributed by atoms with Crippen molar-refractivity contribution >= 4 is 23.2 Å². The van der Waals surface area contributed by atoms with Crippen molar-refractivity contribution in [1.82, 2.24) is 0 Å². The average Bonchev–Trinajstić information content (AvgIpc) is 2.50. The number of anilines is 2. The lowest BCUT2D eigenvalue weighted by atomic mass is 10.2. The van der Waals surface area contributed by atoms with Gasteiger partial charge in [0.05, 0.1) is 6.07 Å². The summed E-state index contributed by atoms with van der Waals surface area (Å²) >= 11 is 0. The number of carbonyl (C=O) groups excluding carboxylic acids is 2. The van der Waals surface area contributed by atoms with Crippen molar-refractivity contribution in [3.63, 3.8) is 0 Å². The molecule has 2 amide bonds. The predicted octanol–water partition coefficient (Wildman–Crippen LogP) is 2.79. The van der Waals surface area contributed by atoms with E-state index in [4.69, 9.17) is 5.26 Å². The maximum atomic E-state index is 11.9. The Bertz CT molecular complexity index is 673. The largest absolute Gasteiger partial charge is 0.325 e. The van der Waals surface area contributed by atoms with Crippen LogP contribution in [-0.4, -0.2) is 11.8 Å². The Morgan fingerprint density at radius 1 is 0.905 bits per heavy atom. The summed E-state index contributed by atoms with van der Waals surface area (Å²) in [6.07, 6.45) is -0.188. The monoisotopic (exact) mass is 279 g/mol. The second kappa shape index (κ2) is 6.87. The van der Waals surface area contributed by atoms with Gasteiger partial charge in [-0.2, -0.15) is 5.26 Å². The Morgan fingerprint density at radius 3 is 2.05 bits per heavy atom. The van der Waals surface area contributed by atoms with Crippen LogP contribution in [0.1, 0.15) is 16.8 Å². The maximum Gasteiger partial charge on any atom is 0.255 e. The van der Waals surface area contributed by atoms with Crippen molar-refractivity contribution in [2.24, 2.45) is 0 Å². The van der Waals surface area contributed by atoms with E-state index in [2.05, 4.69) is 10.6 Å². The number of amides is 2. The number of carbonyl (C=O) groups is 2. The third kappa shape index (κ3) is 4.18. The third-order valence-electron chi connectivity index (χ3n) is 2.70. The summed E-state index contributed by atoms with van der Waals surface area (Å²) in [5.74, 6) is -0.560. The van der Waals surface area contributed by atoms with Gasteiger partial charge in [0.1, 0.15) is 6.42 Å². The van der Waals surface area contributed by atoms with E-state index in [-0.39, 0.29) is 18.2 Å². The third-order valence-corrected chi connectivity index (χ3v) is 2.70. The average molecular weight is 279 g/mol. The molecule has 5 nitrogen and oxygen atoms in total. The molecule has 2 N–H and O–H groups in total. The van der Waals surface area contributed by atoms with Crippen LogP contribution >= 0.6 is 0 Å². The fraction of sp³-hybridized carbons (Fsp3) is 0.0625. The second-order valence-electron chi connectivity index (χ2n) is 4.28. The van der Waals surface area contributed by atoms with Gasteiger partial charge in [0.15, 0.2) is 0 Å². The van der Waals surface area contributed by atoms with Crippen molar-refractivity contribution < 1.29 is 9.59 Å². The molecule has 0 atom stereocenters. The molecule has 0 heterocycles. The molecule has 0 aliphatic carbocycles. The van der Waals surface area contributed by atoms with E-state index >= 15 is 0 Å². The van der Waals surface area contributed by atoms with E-state index < -0.39 is 0 Å². The molecule has 0 bridgehead atoms. The molecule has 104 valence electrons. The van der Waals surface area contributed by atoms with Gasteiger partial charge in [0.2, 0.25) is 5.91 Å². The lowest BCUT2D eigenvalue weighted by molar-refractivity contribution is -0.115. The predicted molar refractivity (Wildman–Crippen MR) is 79.7 cm³/mol. The normalized spacial score (nSPS) is 9.48. The number of nitrogens with one attached hydrogen (secondary N) is 2. The van der Waals surface area contributed by atoms with Crippen molar-refractivity contribution in [1.29, 1.82) is 5.26 Å². The highest BCUT2D eigenvalue weighted by molar-refractivity contribution is 6.04. The minimum atomic E-state index is -0.362. The highest BCUT2D eigenvalue weighted by Crippen LogP contribution is 2.14. The lowest BCUT2D eigenvalue weighted by Crippen LogP contribution is -2.12. The summed E-state index contributed by atoms with van der Waals surface area (Å²) in [5, 5.41) is 13.7. The molecule has 0 aliphatic heterocycles. The Morgan fingerprint density at radius 2 is 1.48 bits per heavy atom. The van der Waals surface area contributed by atoms with E-state index in [1.807, 2.05) is 6.07 Å². The van der Waals surface area contributed by atoms with Gasteiger partial charge in [-0.05, 0) is 36.4 Å². The smallest absolute Gasteiger partial charge is 0.255 e. The van der Waals surface area contributed by atoms with E-state index in [0.717, 1.165) is 0 Å². The summed E-state index contributed by atoms with van der Waals surface area (Å²) in [4.78, 5) is 23.2. The van der Waals surface area contributed by atoms with Crippen molar-refractivity contribution in [3.8, 4) is 6.07 Å². The molecular formula is C16H13N3O2. The van der Waals surface area contributed by atoms with E-state index in [9.17, 15) is 9.59 Å². The number of hydrogen-bond donors (Lipinski definition) is 2. The highest BCUT2D eigenvalue weighted by Gasteiger charge is 2.05. The fourth-order valence-electron chi connectivity index (χ4n) is 1.71. The standard InChI is InChI=1S/C16H13N3O2/c17-11-10-15(20)18-13-6-8-14(9-7-13)19-16(21)12-4-2-1-3-5-12/h1-9H,10H2,(H,18,20)(H,19,21). The SMILES string of the molecule is N#CCC(=O)Nc1ccc(NC(=O)c2ccccc2)cc1. The summed E-state index contributed by atoms with van der Waals surface area (Å²) in [6, 6.07) is 17.4. The molecule has 0 saturated heterocycles. The number of rotatable bonds is 4. The first-order valence-electron chi connectivity index (χ1n) is 6.32. The molecule has 5 heteroatoms. The Hall–Kier alpha value is -3.13. The van der Waals surface area contributed by atoms with Gasteiger partial charge >= 0.3 is 0 Å². The van der Waals surface area contributed by atoms with Gasteiger partial charge in [-0.3, -0.25) is 9.59 Å². The molecule has 0 unspecified atom stereocenters. The number of hydrogen-bond acceptors (Lipinski definition) is 3. The first kappa shape index (κ1) is 14.3. The Labute approximate surface area is 122 Å². The Balaban J connectivity index is 1.98. The van der Waals surface area contributed by atoms with Gasteiger partial charge in [-0.25, -0.2) is 0 Å². The van der Waals surface area contributed by atoms with Crippen LogP contribution in [0.5, 0.6) is 0 Å². The summed E-state index contributed by atoms with van der Waals surface area (Å²) in [6.45, 7) is 0. The first-order chi connectivity index (χ1) is 10.2. The quantitative estimate of drug-likeness (QED) is 0.902. The van der Waals surface area contributed by atoms with E-state index in [1.54, 1.807) is 54.6 Å². The van der Waals surface area contributed by atoms with Gasteiger partial charge in [-0.1, -0.05) is 18.2 Å². The molecule has 2 rings (SSSR count). The molecule has 21 heavy (non-hydrogen) atoms. The van der Waals surface area contributed by atoms with Crippen LogP contribution in [0, 0.1) is 11.3 Å². The number of benzene rings is 2. The minimum absolute atomic E-state index is 0.188. The molecule has 0 aromatic heterocycles. The maximum absolute atomic E-state index is 11.9. The lowest BCUT2D eigenvalue weighted by Gasteiger charge is -2.07. The molecule has 2 aromatic carbocycles. The van der Waals surface area contributed by atoms with E-state index in [1.165, 1.54) is 0 Å². The van der Waals surface area contributed by atoms with Crippen LogP contribution in [0.4, 0.5) is 11.4 Å². The molecule has 0 saturated carbocycles. The van der Waals surface area contributed by atoms with E-state index in [0.29, 0.717) is 16.9 Å². The molecule has 0 fully saturated rings. The highest BCUT2D eigenvalue weighted by atomic mass is 16.2. The number of nitrogens with zero attached hydrogens (tertiary/aromatic N) is 1. The van der Waals surface area contributed by atoms with Crippen LogP contribution in [0.2, 0.25) is 0 Å². The second-order valence-corrected chi connectivity index (χ2v) is 4.28. The van der Waals surface area contributed by atoms with Gasteiger partial charge in [0, 0.05) is 16.9 Å². The summed E-state index contributed by atoms with van der Waals surface area (Å²) < 4.78 is 0. The van der Waals surface area contributed by atoms with Gasteiger partial charge in [-0.15, -0.1) is 0 Å². The molecule has 0 spiro atoms. The van der Waals surface area contributed by atoms with Crippen LogP contribution < -0.4 is 10.6 Å². The zero-order valence-electron chi connectivity index (χ0n) is 11.2. The first-order valence-corrected chi connectivity index (χ1v) is 6.32. The summed E-state index contributed by atoms with van der Waals surface area (Å²) in [7, 11) is 0. The molecular weight excluding hydrogens is 266 g/mol. The number of nitriles is 1. The topological polar surface area (TPSA) is 82.0 Å². The van der Waals surface area contributed by atoms with Crippen LogP contribution in [0.25, 0.3) is 0 Å². The summed E-state index contributed by atoms with van der Waals surface area (Å²) in [5.41, 5.74) is 1.78. The molecule has 2 aromatic rings. The molecule has 0 radical (unpaired) electrons. The minimum Gasteiger partial charge on any atom is -0.325 e. The fourth-order valence-corrected chi connectivity index (χ4v) is 1.71. The van der Waals surface area contributed by atoms with Crippen LogP contribution in [0.15, 0.2) is 54.6 Å².